The van der Waals surface area contributed by atoms with Gasteiger partial charge in [-0.05, 0) is 19.3 Å². The summed E-state index contributed by atoms with van der Waals surface area (Å²) in [6.07, 6.45) is 4.08. The molecule has 0 saturated carbocycles. The molecule has 0 aliphatic carbocycles. The first-order valence-electron chi connectivity index (χ1n) is 6.06. The maximum absolute atomic E-state index is 12.0. The van der Waals surface area contributed by atoms with Crippen LogP contribution in [-0.4, -0.2) is 44.6 Å². The second-order valence-corrected chi connectivity index (χ2v) is 6.79. The number of piperidine rings is 1. The summed E-state index contributed by atoms with van der Waals surface area (Å²) in [5.41, 5.74) is 0. The number of rotatable bonds is 4. The Kier molecular flexibility index (Phi) is 4.94. The lowest BCUT2D eigenvalue weighted by molar-refractivity contribution is -0.138. The van der Waals surface area contributed by atoms with Crippen LogP contribution < -0.4 is 4.72 Å². The van der Waals surface area contributed by atoms with Gasteiger partial charge in [-0.3, -0.25) is 4.79 Å². The Hall–Kier alpha value is -0.620. The van der Waals surface area contributed by atoms with E-state index in [2.05, 4.69) is 4.72 Å². The van der Waals surface area contributed by atoms with Gasteiger partial charge in [0, 0.05) is 25.0 Å². The Labute approximate surface area is 104 Å². The molecule has 1 heterocycles. The van der Waals surface area contributed by atoms with E-state index in [4.69, 9.17) is 0 Å². The van der Waals surface area contributed by atoms with E-state index in [9.17, 15) is 13.2 Å². The van der Waals surface area contributed by atoms with Gasteiger partial charge in [-0.15, -0.1) is 0 Å². The summed E-state index contributed by atoms with van der Waals surface area (Å²) in [5.74, 6) is 0.0823. The summed E-state index contributed by atoms with van der Waals surface area (Å²) >= 11 is 0. The molecule has 0 aromatic heterocycles. The molecule has 5 nitrogen and oxygen atoms in total. The molecule has 100 valence electrons. The van der Waals surface area contributed by atoms with Crippen LogP contribution in [0.1, 0.15) is 33.1 Å². The molecule has 0 aromatic carbocycles. The molecular weight excluding hydrogens is 240 g/mol. The summed E-state index contributed by atoms with van der Waals surface area (Å²) in [7, 11) is -3.18. The Morgan fingerprint density at radius 3 is 2.59 bits per heavy atom. The van der Waals surface area contributed by atoms with Crippen LogP contribution in [0.2, 0.25) is 0 Å². The van der Waals surface area contributed by atoms with Gasteiger partial charge >= 0.3 is 0 Å². The summed E-state index contributed by atoms with van der Waals surface area (Å²) in [6, 6.07) is 0.00775. The van der Waals surface area contributed by atoms with E-state index in [0.717, 1.165) is 32.1 Å². The lowest BCUT2D eigenvalue weighted by Crippen LogP contribution is -2.50. The molecule has 1 N–H and O–H groups in total. The van der Waals surface area contributed by atoms with Gasteiger partial charge in [-0.2, -0.15) is 0 Å². The van der Waals surface area contributed by atoms with Crippen molar-refractivity contribution in [3.05, 3.63) is 0 Å². The van der Waals surface area contributed by atoms with Crippen molar-refractivity contribution in [3.8, 4) is 0 Å². The van der Waals surface area contributed by atoms with Crippen LogP contribution in [0.4, 0.5) is 0 Å². The minimum absolute atomic E-state index is 0.00775. The number of nitrogens with zero attached hydrogens (tertiary/aromatic N) is 1. The highest BCUT2D eigenvalue weighted by Gasteiger charge is 2.28. The van der Waals surface area contributed by atoms with E-state index in [1.54, 1.807) is 0 Å². The number of nitrogens with one attached hydrogen (secondary N) is 1. The van der Waals surface area contributed by atoms with Gasteiger partial charge in [-0.1, -0.05) is 13.8 Å². The molecular formula is C11H22N2O3S. The SMILES string of the molecule is CC(C)C(=O)N1CCCC[C@H]1CNS(C)(=O)=O. The summed E-state index contributed by atoms with van der Waals surface area (Å²) < 4.78 is 24.6. The van der Waals surface area contributed by atoms with Crippen LogP contribution in [0.15, 0.2) is 0 Å². The monoisotopic (exact) mass is 262 g/mol. The quantitative estimate of drug-likeness (QED) is 0.805. The molecule has 0 aromatic rings. The molecule has 6 heteroatoms. The van der Waals surface area contributed by atoms with Crippen molar-refractivity contribution in [1.82, 2.24) is 9.62 Å². The van der Waals surface area contributed by atoms with Gasteiger partial charge in [0.2, 0.25) is 15.9 Å². The molecule has 1 aliphatic heterocycles. The molecule has 0 unspecified atom stereocenters. The van der Waals surface area contributed by atoms with E-state index in [1.807, 2.05) is 18.7 Å². The van der Waals surface area contributed by atoms with Gasteiger partial charge < -0.3 is 4.90 Å². The Balaban J connectivity index is 2.63. The minimum Gasteiger partial charge on any atom is -0.338 e. The van der Waals surface area contributed by atoms with Crippen molar-refractivity contribution in [1.29, 1.82) is 0 Å². The fourth-order valence-electron chi connectivity index (χ4n) is 2.08. The molecule has 0 radical (unpaired) electrons. The largest absolute Gasteiger partial charge is 0.338 e. The molecule has 1 aliphatic rings. The van der Waals surface area contributed by atoms with E-state index < -0.39 is 10.0 Å². The second kappa shape index (κ2) is 5.82. The van der Waals surface area contributed by atoms with E-state index in [0.29, 0.717) is 6.54 Å². The van der Waals surface area contributed by atoms with E-state index in [-0.39, 0.29) is 17.9 Å². The standard InChI is InChI=1S/C11H22N2O3S/c1-9(2)11(14)13-7-5-4-6-10(13)8-12-17(3,15)16/h9-10,12H,4-8H2,1-3H3/t10-/m0/s1. The van der Waals surface area contributed by atoms with Crippen molar-refractivity contribution < 1.29 is 13.2 Å². The van der Waals surface area contributed by atoms with Crippen molar-refractivity contribution in [2.45, 2.75) is 39.2 Å². The average molecular weight is 262 g/mol. The maximum Gasteiger partial charge on any atom is 0.225 e. The molecule has 17 heavy (non-hydrogen) atoms. The zero-order chi connectivity index (χ0) is 13.1. The van der Waals surface area contributed by atoms with E-state index in [1.165, 1.54) is 0 Å². The molecule has 1 atom stereocenters. The number of amides is 1. The number of hydrogen-bond acceptors (Lipinski definition) is 3. The van der Waals surface area contributed by atoms with Crippen LogP contribution >= 0.6 is 0 Å². The molecule has 1 fully saturated rings. The summed E-state index contributed by atoms with van der Waals surface area (Å²) in [6.45, 7) is 4.82. The normalized spacial score (nSPS) is 21.9. The van der Waals surface area contributed by atoms with Gasteiger partial charge in [0.05, 0.1) is 6.26 Å². The average Bonchev–Trinajstić information content (AvgIpc) is 2.24. The highest BCUT2D eigenvalue weighted by Crippen LogP contribution is 2.18. The third kappa shape index (κ3) is 4.63. The van der Waals surface area contributed by atoms with Crippen LogP contribution in [0, 0.1) is 5.92 Å². The van der Waals surface area contributed by atoms with Crippen molar-refractivity contribution in [2.75, 3.05) is 19.3 Å². The molecule has 0 bridgehead atoms. The number of carbonyl (C=O) groups is 1. The highest BCUT2D eigenvalue weighted by molar-refractivity contribution is 7.88. The van der Waals surface area contributed by atoms with Crippen LogP contribution in [0.25, 0.3) is 0 Å². The fourth-order valence-corrected chi connectivity index (χ4v) is 2.58. The number of carbonyl (C=O) groups excluding carboxylic acids is 1. The predicted octanol–water partition coefficient (Wildman–Crippen LogP) is 0.573. The summed E-state index contributed by atoms with van der Waals surface area (Å²) in [5, 5.41) is 0. The van der Waals surface area contributed by atoms with Gasteiger partial charge in [0.15, 0.2) is 0 Å². The minimum atomic E-state index is -3.18. The smallest absolute Gasteiger partial charge is 0.225 e. The third-order valence-corrected chi connectivity index (χ3v) is 3.68. The van der Waals surface area contributed by atoms with Crippen molar-refractivity contribution >= 4 is 15.9 Å². The van der Waals surface area contributed by atoms with E-state index >= 15 is 0 Å². The maximum atomic E-state index is 12.0. The first-order chi connectivity index (χ1) is 7.81. The lowest BCUT2D eigenvalue weighted by Gasteiger charge is -2.36. The zero-order valence-corrected chi connectivity index (χ0v) is 11.6. The van der Waals surface area contributed by atoms with Crippen molar-refractivity contribution in [3.63, 3.8) is 0 Å². The first kappa shape index (κ1) is 14.4. The molecule has 1 saturated heterocycles. The summed E-state index contributed by atoms with van der Waals surface area (Å²) in [4.78, 5) is 13.8. The lowest BCUT2D eigenvalue weighted by atomic mass is 10.0. The highest BCUT2D eigenvalue weighted by atomic mass is 32.2. The number of likely N-dealkylation sites (tertiary alicyclic amines) is 1. The number of hydrogen-bond donors (Lipinski definition) is 1. The molecule has 1 rings (SSSR count). The Bertz CT molecular complexity index is 365. The van der Waals surface area contributed by atoms with Crippen LogP contribution in [0.5, 0.6) is 0 Å². The van der Waals surface area contributed by atoms with Crippen molar-refractivity contribution in [2.24, 2.45) is 5.92 Å². The second-order valence-electron chi connectivity index (χ2n) is 4.96. The molecule has 0 spiro atoms. The number of sulfonamides is 1. The third-order valence-electron chi connectivity index (χ3n) is 2.99. The first-order valence-corrected chi connectivity index (χ1v) is 7.95. The van der Waals surface area contributed by atoms with Gasteiger partial charge in [-0.25, -0.2) is 13.1 Å². The van der Waals surface area contributed by atoms with Crippen LogP contribution in [0.3, 0.4) is 0 Å². The topological polar surface area (TPSA) is 66.5 Å². The predicted molar refractivity (Wildman–Crippen MR) is 67.0 cm³/mol. The Morgan fingerprint density at radius 1 is 1.41 bits per heavy atom. The fraction of sp³-hybridized carbons (Fsp3) is 0.909. The Morgan fingerprint density at radius 2 is 2.06 bits per heavy atom. The molecule has 1 amide bonds. The van der Waals surface area contributed by atoms with Gasteiger partial charge in [0.1, 0.15) is 0 Å². The van der Waals surface area contributed by atoms with Gasteiger partial charge in [0.25, 0.3) is 0 Å². The van der Waals surface area contributed by atoms with Crippen LogP contribution in [-0.2, 0) is 14.8 Å². The zero-order valence-electron chi connectivity index (χ0n) is 10.8.